The number of amides is 1. The topological polar surface area (TPSA) is 84.3 Å². The molecule has 0 aromatic heterocycles. The second kappa shape index (κ2) is 6.72. The van der Waals surface area contributed by atoms with Crippen LogP contribution in [0.3, 0.4) is 0 Å². The van der Waals surface area contributed by atoms with Gasteiger partial charge in [-0.1, -0.05) is 19.4 Å². The van der Waals surface area contributed by atoms with Gasteiger partial charge in [0, 0.05) is 19.2 Å². The van der Waals surface area contributed by atoms with Crippen LogP contribution in [0.1, 0.15) is 37.0 Å². The van der Waals surface area contributed by atoms with Gasteiger partial charge < -0.3 is 10.6 Å². The second-order valence-corrected chi connectivity index (χ2v) is 4.37. The molecule has 2 N–H and O–H groups in total. The maximum absolute atomic E-state index is 12.1. The molecule has 1 amide bonds. The predicted molar refractivity (Wildman–Crippen MR) is 74.5 cm³/mol. The Morgan fingerprint density at radius 2 is 2.16 bits per heavy atom. The number of benzene rings is 1. The summed E-state index contributed by atoms with van der Waals surface area (Å²) in [4.78, 5) is 22.5. The molecule has 1 aromatic carbocycles. The monoisotopic (exact) mass is 265 g/mol. The Labute approximate surface area is 112 Å². The van der Waals surface area contributed by atoms with Crippen LogP contribution in [0.2, 0.25) is 0 Å². The normalized spacial score (nSPS) is 11.7. The van der Waals surface area contributed by atoms with Crippen molar-refractivity contribution in [1.29, 1.82) is 0 Å². The zero-order valence-corrected chi connectivity index (χ0v) is 11.4. The quantitative estimate of drug-likeness (QED) is 0.611. The molecule has 1 aromatic rings. The standard InChI is InChI=1S/C13H19N3O3/c1-4-6-9(2)15-13(17)10-7-5-8-11(16(18)19)12(10)14-3/h5,7-9,14H,4,6H2,1-3H3,(H,15,17). The van der Waals surface area contributed by atoms with E-state index < -0.39 is 4.92 Å². The Balaban J connectivity index is 3.03. The van der Waals surface area contributed by atoms with Gasteiger partial charge in [-0.15, -0.1) is 0 Å². The van der Waals surface area contributed by atoms with Gasteiger partial charge in [-0.2, -0.15) is 0 Å². The highest BCUT2D eigenvalue weighted by Crippen LogP contribution is 2.27. The van der Waals surface area contributed by atoms with Crippen LogP contribution in [0.25, 0.3) is 0 Å². The van der Waals surface area contributed by atoms with Crippen LogP contribution in [-0.4, -0.2) is 23.9 Å². The molecule has 0 aliphatic heterocycles. The van der Waals surface area contributed by atoms with Gasteiger partial charge >= 0.3 is 0 Å². The molecule has 0 fully saturated rings. The first-order valence-electron chi connectivity index (χ1n) is 6.27. The first-order chi connectivity index (χ1) is 9.01. The largest absolute Gasteiger partial charge is 0.382 e. The molecular weight excluding hydrogens is 246 g/mol. The van der Waals surface area contributed by atoms with Crippen molar-refractivity contribution in [2.24, 2.45) is 0 Å². The molecule has 1 atom stereocenters. The molecule has 0 saturated heterocycles. The third-order valence-corrected chi connectivity index (χ3v) is 2.83. The Bertz CT molecular complexity index is 474. The van der Waals surface area contributed by atoms with Crippen LogP contribution < -0.4 is 10.6 Å². The molecule has 1 rings (SSSR count). The predicted octanol–water partition coefficient (Wildman–Crippen LogP) is 2.55. The van der Waals surface area contributed by atoms with E-state index in [2.05, 4.69) is 10.6 Å². The van der Waals surface area contributed by atoms with Crippen LogP contribution >= 0.6 is 0 Å². The van der Waals surface area contributed by atoms with Crippen LogP contribution in [0.15, 0.2) is 18.2 Å². The molecule has 0 saturated carbocycles. The van der Waals surface area contributed by atoms with E-state index in [0.717, 1.165) is 12.8 Å². The summed E-state index contributed by atoms with van der Waals surface area (Å²) in [6, 6.07) is 4.50. The number of nitrogens with zero attached hydrogens (tertiary/aromatic N) is 1. The van der Waals surface area contributed by atoms with Crippen molar-refractivity contribution < 1.29 is 9.72 Å². The van der Waals surface area contributed by atoms with E-state index in [0.29, 0.717) is 5.56 Å². The maximum Gasteiger partial charge on any atom is 0.293 e. The number of rotatable bonds is 6. The van der Waals surface area contributed by atoms with Crippen LogP contribution in [0.5, 0.6) is 0 Å². The lowest BCUT2D eigenvalue weighted by molar-refractivity contribution is -0.384. The third-order valence-electron chi connectivity index (χ3n) is 2.83. The molecular formula is C13H19N3O3. The number of carbonyl (C=O) groups excluding carboxylic acids is 1. The lowest BCUT2D eigenvalue weighted by atomic mass is 10.1. The van der Waals surface area contributed by atoms with E-state index in [4.69, 9.17) is 0 Å². The minimum absolute atomic E-state index is 0.0430. The van der Waals surface area contributed by atoms with E-state index in [9.17, 15) is 14.9 Å². The van der Waals surface area contributed by atoms with Gasteiger partial charge in [0.05, 0.1) is 10.5 Å². The number of nitro benzene ring substituents is 1. The van der Waals surface area contributed by atoms with Gasteiger partial charge in [0.15, 0.2) is 0 Å². The molecule has 6 nitrogen and oxygen atoms in total. The highest BCUT2D eigenvalue weighted by atomic mass is 16.6. The first-order valence-corrected chi connectivity index (χ1v) is 6.27. The zero-order valence-electron chi connectivity index (χ0n) is 11.4. The number of hydrogen-bond donors (Lipinski definition) is 2. The number of nitrogens with one attached hydrogen (secondary N) is 2. The number of hydrogen-bond acceptors (Lipinski definition) is 4. The maximum atomic E-state index is 12.1. The lowest BCUT2D eigenvalue weighted by Crippen LogP contribution is -2.32. The van der Waals surface area contributed by atoms with E-state index >= 15 is 0 Å². The zero-order chi connectivity index (χ0) is 14.4. The van der Waals surface area contributed by atoms with Gasteiger partial charge in [-0.3, -0.25) is 14.9 Å². The molecule has 0 bridgehead atoms. The van der Waals surface area contributed by atoms with Gasteiger partial charge in [-0.05, 0) is 19.4 Å². The second-order valence-electron chi connectivity index (χ2n) is 4.37. The fraction of sp³-hybridized carbons (Fsp3) is 0.462. The summed E-state index contributed by atoms with van der Waals surface area (Å²) in [7, 11) is 1.56. The summed E-state index contributed by atoms with van der Waals surface area (Å²) >= 11 is 0. The molecule has 0 heterocycles. The average Bonchev–Trinajstić information content (AvgIpc) is 2.37. The number of anilines is 1. The molecule has 0 spiro atoms. The van der Waals surface area contributed by atoms with Crippen LogP contribution in [-0.2, 0) is 0 Å². The first kappa shape index (κ1) is 14.9. The molecule has 19 heavy (non-hydrogen) atoms. The lowest BCUT2D eigenvalue weighted by Gasteiger charge is -2.14. The van der Waals surface area contributed by atoms with Crippen molar-refractivity contribution in [2.45, 2.75) is 32.7 Å². The average molecular weight is 265 g/mol. The number of carbonyl (C=O) groups is 1. The van der Waals surface area contributed by atoms with Crippen molar-refractivity contribution in [2.75, 3.05) is 12.4 Å². The van der Waals surface area contributed by atoms with Crippen LogP contribution in [0.4, 0.5) is 11.4 Å². The molecule has 0 aliphatic carbocycles. The van der Waals surface area contributed by atoms with Gasteiger partial charge in [0.25, 0.3) is 11.6 Å². The van der Waals surface area contributed by atoms with E-state index in [1.54, 1.807) is 13.1 Å². The fourth-order valence-electron chi connectivity index (χ4n) is 1.95. The van der Waals surface area contributed by atoms with E-state index in [1.165, 1.54) is 12.1 Å². The smallest absolute Gasteiger partial charge is 0.293 e. The van der Waals surface area contributed by atoms with Crippen molar-refractivity contribution in [1.82, 2.24) is 5.32 Å². The van der Waals surface area contributed by atoms with Crippen molar-refractivity contribution >= 4 is 17.3 Å². The Morgan fingerprint density at radius 3 is 2.68 bits per heavy atom. The third kappa shape index (κ3) is 3.67. The van der Waals surface area contributed by atoms with Crippen molar-refractivity contribution in [3.05, 3.63) is 33.9 Å². The fourth-order valence-corrected chi connectivity index (χ4v) is 1.95. The summed E-state index contributed by atoms with van der Waals surface area (Å²) in [6.07, 6.45) is 1.84. The number of para-hydroxylation sites is 1. The summed E-state index contributed by atoms with van der Waals surface area (Å²) < 4.78 is 0. The van der Waals surface area contributed by atoms with Crippen LogP contribution in [0, 0.1) is 10.1 Å². The van der Waals surface area contributed by atoms with E-state index in [1.807, 2.05) is 13.8 Å². The van der Waals surface area contributed by atoms with Gasteiger partial charge in [-0.25, -0.2) is 0 Å². The molecule has 6 heteroatoms. The van der Waals surface area contributed by atoms with Crippen molar-refractivity contribution in [3.8, 4) is 0 Å². The molecule has 1 unspecified atom stereocenters. The summed E-state index contributed by atoms with van der Waals surface area (Å²) in [5.74, 6) is -0.297. The Kier molecular flexibility index (Phi) is 5.29. The Morgan fingerprint density at radius 1 is 1.47 bits per heavy atom. The van der Waals surface area contributed by atoms with Gasteiger partial charge in [0.1, 0.15) is 5.69 Å². The van der Waals surface area contributed by atoms with E-state index in [-0.39, 0.29) is 23.3 Å². The van der Waals surface area contributed by atoms with Gasteiger partial charge in [0.2, 0.25) is 0 Å². The highest BCUT2D eigenvalue weighted by Gasteiger charge is 2.21. The summed E-state index contributed by atoms with van der Waals surface area (Å²) in [5, 5.41) is 16.5. The highest BCUT2D eigenvalue weighted by molar-refractivity contribution is 6.01. The summed E-state index contributed by atoms with van der Waals surface area (Å²) in [5.41, 5.74) is 0.437. The minimum atomic E-state index is -0.502. The minimum Gasteiger partial charge on any atom is -0.382 e. The molecule has 0 radical (unpaired) electrons. The molecule has 104 valence electrons. The Hall–Kier alpha value is -2.11. The van der Waals surface area contributed by atoms with Crippen molar-refractivity contribution in [3.63, 3.8) is 0 Å². The SMILES string of the molecule is CCCC(C)NC(=O)c1cccc([N+](=O)[O-])c1NC. The summed E-state index contributed by atoms with van der Waals surface area (Å²) in [6.45, 7) is 3.95. The molecule has 0 aliphatic rings. The number of nitro groups is 1.